The quantitative estimate of drug-likeness (QED) is 0.728. The zero-order valence-electron chi connectivity index (χ0n) is 8.68. The van der Waals surface area contributed by atoms with E-state index in [0.29, 0.717) is 6.42 Å². The van der Waals surface area contributed by atoms with Crippen LogP contribution in [0.2, 0.25) is 0 Å². The Labute approximate surface area is 80.3 Å². The number of aliphatic hydroxyl groups excluding tert-OH is 1. The lowest BCUT2D eigenvalue weighted by atomic mass is 9.80. The number of ketones is 1. The Bertz CT molecular complexity index is 189. The summed E-state index contributed by atoms with van der Waals surface area (Å²) >= 11 is 0. The second-order valence-corrected chi connectivity index (χ2v) is 4.35. The first-order chi connectivity index (χ1) is 6.11. The van der Waals surface area contributed by atoms with Crippen molar-refractivity contribution in [3.8, 4) is 0 Å². The summed E-state index contributed by atoms with van der Waals surface area (Å²) in [4.78, 5) is 11.8. The first-order valence-corrected chi connectivity index (χ1v) is 5.32. The van der Waals surface area contributed by atoms with Crippen molar-refractivity contribution in [2.45, 2.75) is 58.5 Å². The molecule has 13 heavy (non-hydrogen) atoms. The highest BCUT2D eigenvalue weighted by atomic mass is 16.3. The number of carbonyl (C=O) groups excluding carboxylic acids is 1. The number of Topliss-reactive ketones (excluding diaryl/α,β-unsaturated/α-hetero) is 1. The average molecular weight is 184 g/mol. The smallest absolute Gasteiger partial charge is 0.141 e. The summed E-state index contributed by atoms with van der Waals surface area (Å²) in [5.74, 6) is 0.263. The van der Waals surface area contributed by atoms with Gasteiger partial charge in [-0.25, -0.2) is 0 Å². The fourth-order valence-electron chi connectivity index (χ4n) is 2.10. The van der Waals surface area contributed by atoms with E-state index in [2.05, 4.69) is 6.92 Å². The van der Waals surface area contributed by atoms with Gasteiger partial charge in [-0.2, -0.15) is 0 Å². The molecule has 0 spiro atoms. The fraction of sp³-hybridized carbons (Fsp3) is 0.909. The molecule has 0 radical (unpaired) electrons. The third kappa shape index (κ3) is 2.11. The topological polar surface area (TPSA) is 37.3 Å². The van der Waals surface area contributed by atoms with Crippen LogP contribution in [0, 0.1) is 5.41 Å². The van der Waals surface area contributed by atoms with Gasteiger partial charge in [0.2, 0.25) is 0 Å². The first-order valence-electron chi connectivity index (χ1n) is 5.32. The summed E-state index contributed by atoms with van der Waals surface area (Å²) in [7, 11) is 0. The Morgan fingerprint density at radius 1 is 1.62 bits per heavy atom. The van der Waals surface area contributed by atoms with E-state index >= 15 is 0 Å². The van der Waals surface area contributed by atoms with Gasteiger partial charge < -0.3 is 5.11 Å². The molecule has 0 aromatic carbocycles. The molecule has 0 heterocycles. The maximum Gasteiger partial charge on any atom is 0.141 e. The van der Waals surface area contributed by atoms with Crippen molar-refractivity contribution in [2.75, 3.05) is 0 Å². The van der Waals surface area contributed by atoms with Crippen LogP contribution in [0.1, 0.15) is 52.4 Å². The van der Waals surface area contributed by atoms with E-state index in [1.54, 1.807) is 0 Å². The second kappa shape index (κ2) is 4.23. The Morgan fingerprint density at radius 2 is 2.31 bits per heavy atom. The van der Waals surface area contributed by atoms with Crippen molar-refractivity contribution in [1.82, 2.24) is 0 Å². The van der Waals surface area contributed by atoms with Gasteiger partial charge in [-0.1, -0.05) is 20.3 Å². The second-order valence-electron chi connectivity index (χ2n) is 4.35. The highest BCUT2D eigenvalue weighted by Gasteiger charge is 2.42. The summed E-state index contributed by atoms with van der Waals surface area (Å²) in [6, 6.07) is 0. The summed E-state index contributed by atoms with van der Waals surface area (Å²) in [6.45, 7) is 4.00. The van der Waals surface area contributed by atoms with Gasteiger partial charge >= 0.3 is 0 Å². The summed E-state index contributed by atoms with van der Waals surface area (Å²) in [5.41, 5.74) is -0.421. The minimum absolute atomic E-state index is 0.263. The number of rotatable bonds is 4. The van der Waals surface area contributed by atoms with Crippen LogP contribution in [-0.4, -0.2) is 17.0 Å². The van der Waals surface area contributed by atoms with Gasteiger partial charge in [0.25, 0.3) is 0 Å². The lowest BCUT2D eigenvalue weighted by Crippen LogP contribution is -2.35. The Balaban J connectivity index is 2.53. The number of aliphatic hydroxyl groups is 1. The highest BCUT2D eigenvalue weighted by Crippen LogP contribution is 2.39. The zero-order chi connectivity index (χ0) is 9.90. The van der Waals surface area contributed by atoms with Crippen LogP contribution in [0.25, 0.3) is 0 Å². The molecule has 0 bridgehead atoms. The predicted molar refractivity (Wildman–Crippen MR) is 52.5 cm³/mol. The summed E-state index contributed by atoms with van der Waals surface area (Å²) in [5, 5.41) is 9.70. The van der Waals surface area contributed by atoms with Gasteiger partial charge in [0.1, 0.15) is 5.78 Å². The lowest BCUT2D eigenvalue weighted by Gasteiger charge is -2.26. The monoisotopic (exact) mass is 184 g/mol. The van der Waals surface area contributed by atoms with Gasteiger partial charge in [-0.15, -0.1) is 0 Å². The average Bonchev–Trinajstić information content (AvgIpc) is 2.44. The molecule has 1 aliphatic rings. The number of hydrogen-bond acceptors (Lipinski definition) is 2. The number of hydrogen-bond donors (Lipinski definition) is 1. The van der Waals surface area contributed by atoms with Gasteiger partial charge in [-0.3, -0.25) is 4.79 Å². The van der Waals surface area contributed by atoms with E-state index in [0.717, 1.165) is 32.1 Å². The third-order valence-electron chi connectivity index (χ3n) is 3.30. The zero-order valence-corrected chi connectivity index (χ0v) is 8.68. The predicted octanol–water partition coefficient (Wildman–Crippen LogP) is 2.30. The SMILES string of the molecule is CCCCC(=O)[C@@]1(C)CCC[C@H]1O. The van der Waals surface area contributed by atoms with Crippen molar-refractivity contribution < 1.29 is 9.90 Å². The van der Waals surface area contributed by atoms with E-state index in [9.17, 15) is 9.90 Å². The molecule has 2 nitrogen and oxygen atoms in total. The molecule has 1 saturated carbocycles. The van der Waals surface area contributed by atoms with E-state index in [1.807, 2.05) is 6.92 Å². The molecule has 0 aromatic rings. The molecule has 1 rings (SSSR count). The largest absolute Gasteiger partial charge is 0.392 e. The van der Waals surface area contributed by atoms with Crippen LogP contribution in [0.5, 0.6) is 0 Å². The first kappa shape index (κ1) is 10.7. The number of unbranched alkanes of at least 4 members (excludes halogenated alkanes) is 1. The van der Waals surface area contributed by atoms with Crippen molar-refractivity contribution >= 4 is 5.78 Å². The minimum atomic E-state index is -0.421. The van der Waals surface area contributed by atoms with E-state index in [4.69, 9.17) is 0 Å². The van der Waals surface area contributed by atoms with Crippen LogP contribution in [0.15, 0.2) is 0 Å². The Hall–Kier alpha value is -0.370. The molecule has 0 aromatic heterocycles. The molecular weight excluding hydrogens is 164 g/mol. The molecule has 1 aliphatic carbocycles. The molecule has 76 valence electrons. The van der Waals surface area contributed by atoms with Crippen LogP contribution in [0.3, 0.4) is 0 Å². The van der Waals surface area contributed by atoms with E-state index < -0.39 is 11.5 Å². The molecule has 1 N–H and O–H groups in total. The Morgan fingerprint density at radius 3 is 2.77 bits per heavy atom. The van der Waals surface area contributed by atoms with Crippen molar-refractivity contribution in [2.24, 2.45) is 5.41 Å². The van der Waals surface area contributed by atoms with E-state index in [1.165, 1.54) is 0 Å². The molecule has 0 saturated heterocycles. The minimum Gasteiger partial charge on any atom is -0.392 e. The maximum absolute atomic E-state index is 11.8. The molecule has 2 atom stereocenters. The molecule has 0 amide bonds. The van der Waals surface area contributed by atoms with Gasteiger partial charge in [-0.05, 0) is 25.7 Å². The Kier molecular flexibility index (Phi) is 3.48. The van der Waals surface area contributed by atoms with Gasteiger partial charge in [0.05, 0.1) is 11.5 Å². The fourth-order valence-corrected chi connectivity index (χ4v) is 2.10. The van der Waals surface area contributed by atoms with Crippen molar-refractivity contribution in [3.05, 3.63) is 0 Å². The number of carbonyl (C=O) groups is 1. The van der Waals surface area contributed by atoms with Crippen LogP contribution in [0.4, 0.5) is 0 Å². The van der Waals surface area contributed by atoms with E-state index in [-0.39, 0.29) is 5.78 Å². The third-order valence-corrected chi connectivity index (χ3v) is 3.30. The lowest BCUT2D eigenvalue weighted by molar-refractivity contribution is -0.132. The molecule has 1 fully saturated rings. The van der Waals surface area contributed by atoms with Crippen molar-refractivity contribution in [1.29, 1.82) is 0 Å². The maximum atomic E-state index is 11.8. The van der Waals surface area contributed by atoms with Gasteiger partial charge in [0.15, 0.2) is 0 Å². The van der Waals surface area contributed by atoms with Crippen molar-refractivity contribution in [3.63, 3.8) is 0 Å². The molecule has 2 heteroatoms. The molecule has 0 aliphatic heterocycles. The molecule has 0 unspecified atom stereocenters. The standard InChI is InChI=1S/C11H20O2/c1-3-4-6-9(12)11(2)8-5-7-10(11)13/h10,13H,3-8H2,1-2H3/t10-,11-/m1/s1. The summed E-state index contributed by atoms with van der Waals surface area (Å²) < 4.78 is 0. The van der Waals surface area contributed by atoms with Crippen LogP contribution in [-0.2, 0) is 4.79 Å². The van der Waals surface area contributed by atoms with Crippen LogP contribution < -0.4 is 0 Å². The highest BCUT2D eigenvalue weighted by molar-refractivity contribution is 5.85. The van der Waals surface area contributed by atoms with Gasteiger partial charge in [0, 0.05) is 6.42 Å². The van der Waals surface area contributed by atoms with Crippen LogP contribution >= 0.6 is 0 Å². The summed E-state index contributed by atoms with van der Waals surface area (Å²) in [6.07, 6.45) is 4.93. The molecular formula is C11H20O2. The normalized spacial score (nSPS) is 33.6.